The van der Waals surface area contributed by atoms with Gasteiger partial charge in [0.25, 0.3) is 0 Å². The van der Waals surface area contributed by atoms with Gasteiger partial charge in [-0.1, -0.05) is 36.9 Å². The zero-order chi connectivity index (χ0) is 14.6. The zero-order valence-electron chi connectivity index (χ0n) is 11.2. The van der Waals surface area contributed by atoms with E-state index in [0.29, 0.717) is 18.7 Å². The minimum atomic E-state index is -3.68. The van der Waals surface area contributed by atoms with Crippen molar-refractivity contribution in [3.05, 3.63) is 47.9 Å². The van der Waals surface area contributed by atoms with Crippen LogP contribution in [0.3, 0.4) is 0 Å². The summed E-state index contributed by atoms with van der Waals surface area (Å²) in [4.78, 5) is 14.2. The molecule has 1 heterocycles. The molecule has 2 rings (SSSR count). The Morgan fingerprint density at radius 3 is 2.40 bits per heavy atom. The fourth-order valence-electron chi connectivity index (χ4n) is 2.24. The largest absolute Gasteiger partial charge is 0.341 e. The first-order valence-electron chi connectivity index (χ1n) is 6.52. The molecule has 0 unspecified atom stereocenters. The molecule has 1 aromatic carbocycles. The lowest BCUT2D eigenvalue weighted by atomic mass is 10.1. The van der Waals surface area contributed by atoms with E-state index >= 15 is 0 Å². The summed E-state index contributed by atoms with van der Waals surface area (Å²) in [5.41, 5.74) is 0.634. The number of carbonyl (C=O) groups is 1. The van der Waals surface area contributed by atoms with Crippen LogP contribution in [0, 0.1) is 0 Å². The van der Waals surface area contributed by atoms with Crippen LogP contribution in [0.2, 0.25) is 0 Å². The fraction of sp³-hybridized carbons (Fsp3) is 0.357. The Bertz CT molecular complexity index is 578. The smallest absolute Gasteiger partial charge is 0.245 e. The van der Waals surface area contributed by atoms with Gasteiger partial charge in [-0.15, -0.1) is 0 Å². The van der Waals surface area contributed by atoms with Crippen molar-refractivity contribution in [1.29, 1.82) is 0 Å². The van der Waals surface area contributed by atoms with Gasteiger partial charge in [-0.05, 0) is 18.4 Å². The van der Waals surface area contributed by atoms with Crippen LogP contribution >= 0.6 is 0 Å². The molecule has 1 atom stereocenters. The molecule has 20 heavy (non-hydrogen) atoms. The standard InChI is InChI=1S/C14H18N2O3S/c1-2-20(18,19)15-13(12-8-4-3-5-9-12)14(17)16-10-6-7-11-16/h2-5,8-9,13,15H,1,6-7,10-11H2/t13-/m0/s1. The van der Waals surface area contributed by atoms with Crippen LogP contribution in [0.25, 0.3) is 0 Å². The van der Waals surface area contributed by atoms with Gasteiger partial charge in [0.2, 0.25) is 15.9 Å². The maximum absolute atomic E-state index is 12.5. The molecule has 1 saturated heterocycles. The summed E-state index contributed by atoms with van der Waals surface area (Å²) < 4.78 is 25.8. The molecule has 1 aliphatic heterocycles. The van der Waals surface area contributed by atoms with Crippen LogP contribution < -0.4 is 4.72 Å². The van der Waals surface area contributed by atoms with Gasteiger partial charge in [0, 0.05) is 18.5 Å². The molecule has 1 N–H and O–H groups in total. The van der Waals surface area contributed by atoms with Gasteiger partial charge in [-0.2, -0.15) is 4.72 Å². The van der Waals surface area contributed by atoms with Gasteiger partial charge in [0.1, 0.15) is 6.04 Å². The highest BCUT2D eigenvalue weighted by Crippen LogP contribution is 2.20. The molecular weight excluding hydrogens is 276 g/mol. The van der Waals surface area contributed by atoms with Gasteiger partial charge >= 0.3 is 0 Å². The Balaban J connectivity index is 2.28. The number of likely N-dealkylation sites (tertiary alicyclic amines) is 1. The van der Waals surface area contributed by atoms with E-state index in [-0.39, 0.29) is 5.91 Å². The third-order valence-electron chi connectivity index (χ3n) is 3.30. The average molecular weight is 294 g/mol. The van der Waals surface area contributed by atoms with Crippen LogP contribution in [0.5, 0.6) is 0 Å². The normalized spacial score (nSPS) is 16.9. The van der Waals surface area contributed by atoms with Gasteiger partial charge in [0.15, 0.2) is 0 Å². The number of hydrogen-bond donors (Lipinski definition) is 1. The predicted molar refractivity (Wildman–Crippen MR) is 77.2 cm³/mol. The Morgan fingerprint density at radius 1 is 1.25 bits per heavy atom. The first-order valence-corrected chi connectivity index (χ1v) is 8.06. The third kappa shape index (κ3) is 3.46. The maximum atomic E-state index is 12.5. The molecule has 0 aliphatic carbocycles. The van der Waals surface area contributed by atoms with Crippen LogP contribution in [0.4, 0.5) is 0 Å². The molecule has 1 aliphatic rings. The quantitative estimate of drug-likeness (QED) is 0.893. The molecule has 0 bridgehead atoms. The molecule has 0 spiro atoms. The first-order chi connectivity index (χ1) is 9.53. The van der Waals surface area contributed by atoms with Crippen LogP contribution in [-0.4, -0.2) is 32.3 Å². The molecular formula is C14H18N2O3S. The molecule has 1 aromatic rings. The number of benzene rings is 1. The van der Waals surface area contributed by atoms with E-state index in [2.05, 4.69) is 11.3 Å². The first kappa shape index (κ1) is 14.7. The molecule has 6 heteroatoms. The molecule has 1 amide bonds. The number of sulfonamides is 1. The zero-order valence-corrected chi connectivity index (χ0v) is 12.0. The number of amides is 1. The van der Waals surface area contributed by atoms with Gasteiger partial charge < -0.3 is 4.90 Å². The molecule has 108 valence electrons. The molecule has 1 fully saturated rings. The van der Waals surface area contributed by atoms with Crippen molar-refractivity contribution in [2.75, 3.05) is 13.1 Å². The number of nitrogens with one attached hydrogen (secondary N) is 1. The van der Waals surface area contributed by atoms with E-state index < -0.39 is 16.1 Å². The second-order valence-corrected chi connectivity index (χ2v) is 6.36. The van der Waals surface area contributed by atoms with Crippen LogP contribution in [-0.2, 0) is 14.8 Å². The van der Waals surface area contributed by atoms with Crippen LogP contribution in [0.1, 0.15) is 24.4 Å². The highest BCUT2D eigenvalue weighted by atomic mass is 32.2. The monoisotopic (exact) mass is 294 g/mol. The van der Waals surface area contributed by atoms with Crippen molar-refractivity contribution in [1.82, 2.24) is 9.62 Å². The van der Waals surface area contributed by atoms with Crippen molar-refractivity contribution in [3.8, 4) is 0 Å². The molecule has 0 radical (unpaired) electrons. The Hall–Kier alpha value is -1.66. The summed E-state index contributed by atoms with van der Waals surface area (Å²) in [5, 5.41) is 0.820. The van der Waals surface area contributed by atoms with Crippen molar-refractivity contribution >= 4 is 15.9 Å². The summed E-state index contributed by atoms with van der Waals surface area (Å²) in [7, 11) is -3.68. The molecule has 5 nitrogen and oxygen atoms in total. The van der Waals surface area contributed by atoms with E-state index in [9.17, 15) is 13.2 Å². The highest BCUT2D eigenvalue weighted by Gasteiger charge is 2.30. The summed E-state index contributed by atoms with van der Waals surface area (Å²) in [6.07, 6.45) is 1.92. The van der Waals surface area contributed by atoms with Gasteiger partial charge in [-0.3, -0.25) is 4.79 Å². The lowest BCUT2D eigenvalue weighted by Crippen LogP contribution is -2.41. The van der Waals surface area contributed by atoms with E-state index in [4.69, 9.17) is 0 Å². The predicted octanol–water partition coefficient (Wildman–Crippen LogP) is 1.41. The summed E-state index contributed by atoms with van der Waals surface area (Å²) in [6, 6.07) is 7.97. The minimum Gasteiger partial charge on any atom is -0.341 e. The summed E-state index contributed by atoms with van der Waals surface area (Å²) in [6.45, 7) is 4.62. The van der Waals surface area contributed by atoms with Crippen molar-refractivity contribution in [2.45, 2.75) is 18.9 Å². The van der Waals surface area contributed by atoms with E-state index in [1.54, 1.807) is 29.2 Å². The Morgan fingerprint density at radius 2 is 1.85 bits per heavy atom. The van der Waals surface area contributed by atoms with Gasteiger partial charge in [-0.25, -0.2) is 8.42 Å². The lowest BCUT2D eigenvalue weighted by molar-refractivity contribution is -0.132. The topological polar surface area (TPSA) is 66.5 Å². The SMILES string of the molecule is C=CS(=O)(=O)N[C@H](C(=O)N1CCCC1)c1ccccc1. The van der Waals surface area contributed by atoms with Crippen LogP contribution in [0.15, 0.2) is 42.3 Å². The highest BCUT2D eigenvalue weighted by molar-refractivity contribution is 7.92. The number of hydrogen-bond acceptors (Lipinski definition) is 3. The van der Waals surface area contributed by atoms with Crippen molar-refractivity contribution < 1.29 is 13.2 Å². The fourth-order valence-corrected chi connectivity index (χ4v) is 2.90. The number of carbonyl (C=O) groups excluding carboxylic acids is 1. The second-order valence-electron chi connectivity index (χ2n) is 4.71. The summed E-state index contributed by atoms with van der Waals surface area (Å²) in [5.74, 6) is -0.209. The third-order valence-corrected chi connectivity index (χ3v) is 4.30. The molecule has 0 saturated carbocycles. The van der Waals surface area contributed by atoms with Crippen molar-refractivity contribution in [2.24, 2.45) is 0 Å². The Kier molecular flexibility index (Phi) is 4.57. The lowest BCUT2D eigenvalue weighted by Gasteiger charge is -2.23. The van der Waals surface area contributed by atoms with Gasteiger partial charge in [0.05, 0.1) is 0 Å². The second kappa shape index (κ2) is 6.19. The van der Waals surface area contributed by atoms with Crippen molar-refractivity contribution in [3.63, 3.8) is 0 Å². The number of rotatable bonds is 5. The molecule has 0 aromatic heterocycles. The minimum absolute atomic E-state index is 0.209. The van der Waals surface area contributed by atoms with E-state index in [0.717, 1.165) is 18.2 Å². The average Bonchev–Trinajstić information content (AvgIpc) is 2.99. The Labute approximate surface area is 119 Å². The van der Waals surface area contributed by atoms with E-state index in [1.807, 2.05) is 6.07 Å². The maximum Gasteiger partial charge on any atom is 0.245 e. The number of nitrogens with zero attached hydrogens (tertiary/aromatic N) is 1. The summed E-state index contributed by atoms with van der Waals surface area (Å²) >= 11 is 0. The van der Waals surface area contributed by atoms with E-state index in [1.165, 1.54) is 0 Å².